The molecule has 0 saturated heterocycles. The van der Waals surface area contributed by atoms with Gasteiger partial charge in [0.05, 0.1) is 0 Å². The van der Waals surface area contributed by atoms with E-state index in [1.54, 1.807) is 0 Å². The molecule has 0 fully saturated rings. The Labute approximate surface area is 113 Å². The first-order chi connectivity index (χ1) is 9.19. The molecule has 0 aliphatic heterocycles. The lowest BCUT2D eigenvalue weighted by atomic mass is 9.94. The number of aryl methyl sites for hydroxylation is 1. The molecule has 1 unspecified atom stereocenters. The summed E-state index contributed by atoms with van der Waals surface area (Å²) >= 11 is 0. The Bertz CT molecular complexity index is 445. The molecule has 4 nitrogen and oxygen atoms in total. The van der Waals surface area contributed by atoms with Crippen LogP contribution >= 0.6 is 0 Å². The third kappa shape index (κ3) is 3.96. The first kappa shape index (κ1) is 13.9. The summed E-state index contributed by atoms with van der Waals surface area (Å²) in [5.41, 5.74) is 7.99. The van der Waals surface area contributed by atoms with Crippen LogP contribution in [0.15, 0.2) is 18.2 Å². The molecule has 0 bridgehead atoms. The molecule has 0 saturated carbocycles. The van der Waals surface area contributed by atoms with E-state index in [1.165, 1.54) is 11.1 Å². The van der Waals surface area contributed by atoms with Gasteiger partial charge >= 0.3 is 5.97 Å². The minimum absolute atomic E-state index is 0.239. The van der Waals surface area contributed by atoms with E-state index < -0.39 is 5.97 Å². The summed E-state index contributed by atoms with van der Waals surface area (Å²) in [4.78, 5) is 10.9. The minimum atomic E-state index is -0.705. The largest absolute Gasteiger partial charge is 0.492 e. The molecule has 1 aromatic rings. The Kier molecular flexibility index (Phi) is 4.80. The maximum atomic E-state index is 10.9. The van der Waals surface area contributed by atoms with E-state index in [1.807, 2.05) is 12.1 Å². The standard InChI is InChI=1S/C15H21NO3/c16-6-7-19-14-5-4-12-3-1-2-11(9-15(17)18)8-13(12)10-14/h4-5,10-11H,1-3,6-9,16H2,(H,17,18). The van der Waals surface area contributed by atoms with E-state index >= 15 is 0 Å². The van der Waals surface area contributed by atoms with Crippen LogP contribution in [-0.4, -0.2) is 24.2 Å². The molecule has 1 aliphatic carbocycles. The summed E-state index contributed by atoms with van der Waals surface area (Å²) in [6, 6.07) is 6.13. The SMILES string of the molecule is NCCOc1ccc2c(c1)CC(CC(=O)O)CCC2. The average molecular weight is 263 g/mol. The fraction of sp³-hybridized carbons (Fsp3) is 0.533. The van der Waals surface area contributed by atoms with Crippen LogP contribution in [0.25, 0.3) is 0 Å². The van der Waals surface area contributed by atoms with E-state index in [4.69, 9.17) is 15.6 Å². The molecule has 4 heteroatoms. The van der Waals surface area contributed by atoms with Crippen molar-refractivity contribution in [1.82, 2.24) is 0 Å². The number of carboxylic acids is 1. The van der Waals surface area contributed by atoms with Gasteiger partial charge in [-0.2, -0.15) is 0 Å². The van der Waals surface area contributed by atoms with Gasteiger partial charge in [-0.3, -0.25) is 4.79 Å². The highest BCUT2D eigenvalue weighted by Crippen LogP contribution is 2.29. The summed E-state index contributed by atoms with van der Waals surface area (Å²) in [6.45, 7) is 1.01. The van der Waals surface area contributed by atoms with Crippen LogP contribution in [0.4, 0.5) is 0 Å². The Hall–Kier alpha value is -1.55. The van der Waals surface area contributed by atoms with Crippen LogP contribution in [-0.2, 0) is 17.6 Å². The van der Waals surface area contributed by atoms with Crippen LogP contribution in [0.2, 0.25) is 0 Å². The van der Waals surface area contributed by atoms with Crippen molar-refractivity contribution in [2.45, 2.75) is 32.1 Å². The van der Waals surface area contributed by atoms with E-state index in [2.05, 4.69) is 6.07 Å². The second kappa shape index (κ2) is 6.57. The highest BCUT2D eigenvalue weighted by molar-refractivity contribution is 5.67. The van der Waals surface area contributed by atoms with Crippen LogP contribution < -0.4 is 10.5 Å². The second-order valence-electron chi connectivity index (χ2n) is 5.13. The molecule has 0 radical (unpaired) electrons. The van der Waals surface area contributed by atoms with E-state index in [0.717, 1.165) is 31.4 Å². The van der Waals surface area contributed by atoms with Gasteiger partial charge in [0, 0.05) is 13.0 Å². The fourth-order valence-corrected chi connectivity index (χ4v) is 2.72. The van der Waals surface area contributed by atoms with Gasteiger partial charge in [0.2, 0.25) is 0 Å². The van der Waals surface area contributed by atoms with Gasteiger partial charge in [0.25, 0.3) is 0 Å². The molecule has 0 heterocycles. The number of fused-ring (bicyclic) bond motifs is 1. The summed E-state index contributed by atoms with van der Waals surface area (Å²) < 4.78 is 5.54. The molecule has 0 amide bonds. The third-order valence-corrected chi connectivity index (χ3v) is 3.59. The molecule has 1 atom stereocenters. The molecular formula is C15H21NO3. The lowest BCUT2D eigenvalue weighted by molar-refractivity contribution is -0.138. The van der Waals surface area contributed by atoms with Crippen molar-refractivity contribution >= 4 is 5.97 Å². The summed E-state index contributed by atoms with van der Waals surface area (Å²) in [6.07, 6.45) is 4.17. The number of rotatable bonds is 5. The number of carbonyl (C=O) groups is 1. The summed E-state index contributed by atoms with van der Waals surface area (Å²) in [5, 5.41) is 8.94. The average Bonchev–Trinajstić information content (AvgIpc) is 2.56. The number of hydrogen-bond donors (Lipinski definition) is 2. The number of aliphatic carboxylic acids is 1. The van der Waals surface area contributed by atoms with Crippen molar-refractivity contribution in [2.24, 2.45) is 11.7 Å². The molecule has 0 spiro atoms. The number of nitrogens with two attached hydrogens (primary N) is 1. The van der Waals surface area contributed by atoms with Gasteiger partial charge in [-0.1, -0.05) is 6.07 Å². The van der Waals surface area contributed by atoms with E-state index in [9.17, 15) is 4.79 Å². The van der Waals surface area contributed by atoms with Crippen molar-refractivity contribution in [3.8, 4) is 5.75 Å². The highest BCUT2D eigenvalue weighted by Gasteiger charge is 2.19. The second-order valence-corrected chi connectivity index (χ2v) is 5.13. The van der Waals surface area contributed by atoms with Crippen molar-refractivity contribution in [2.75, 3.05) is 13.2 Å². The minimum Gasteiger partial charge on any atom is -0.492 e. The van der Waals surface area contributed by atoms with Gasteiger partial charge in [-0.25, -0.2) is 0 Å². The summed E-state index contributed by atoms with van der Waals surface area (Å²) in [7, 11) is 0. The maximum absolute atomic E-state index is 10.9. The van der Waals surface area contributed by atoms with Crippen LogP contribution in [0, 0.1) is 5.92 Å². The number of benzene rings is 1. The normalized spacial score (nSPS) is 18.5. The first-order valence-electron chi connectivity index (χ1n) is 6.85. The number of carboxylic acid groups (broad SMARTS) is 1. The van der Waals surface area contributed by atoms with Crippen LogP contribution in [0.1, 0.15) is 30.4 Å². The van der Waals surface area contributed by atoms with Gasteiger partial charge < -0.3 is 15.6 Å². The van der Waals surface area contributed by atoms with Gasteiger partial charge in [0.1, 0.15) is 12.4 Å². The Morgan fingerprint density at radius 1 is 1.42 bits per heavy atom. The quantitative estimate of drug-likeness (QED) is 0.797. The van der Waals surface area contributed by atoms with Crippen LogP contribution in [0.3, 0.4) is 0 Å². The van der Waals surface area contributed by atoms with Crippen LogP contribution in [0.5, 0.6) is 5.75 Å². The fourth-order valence-electron chi connectivity index (χ4n) is 2.72. The predicted octanol–water partition coefficient (Wildman–Crippen LogP) is 1.99. The molecule has 3 N–H and O–H groups in total. The van der Waals surface area contributed by atoms with Gasteiger partial charge in [0.15, 0.2) is 0 Å². The van der Waals surface area contributed by atoms with Gasteiger partial charge in [-0.05, 0) is 54.9 Å². The lowest BCUT2D eigenvalue weighted by Gasteiger charge is -2.13. The zero-order valence-corrected chi connectivity index (χ0v) is 11.1. The topological polar surface area (TPSA) is 72.5 Å². The molecule has 1 aromatic carbocycles. The first-order valence-corrected chi connectivity index (χ1v) is 6.85. The Morgan fingerprint density at radius 2 is 2.26 bits per heavy atom. The molecule has 104 valence electrons. The van der Waals surface area contributed by atoms with Crippen molar-refractivity contribution < 1.29 is 14.6 Å². The molecule has 0 aromatic heterocycles. The van der Waals surface area contributed by atoms with Crippen molar-refractivity contribution in [3.63, 3.8) is 0 Å². The summed E-state index contributed by atoms with van der Waals surface area (Å²) in [5.74, 6) is 0.368. The Morgan fingerprint density at radius 3 is 3.00 bits per heavy atom. The van der Waals surface area contributed by atoms with Crippen molar-refractivity contribution in [1.29, 1.82) is 0 Å². The smallest absolute Gasteiger partial charge is 0.303 e. The number of ether oxygens (including phenoxy) is 1. The highest BCUT2D eigenvalue weighted by atomic mass is 16.5. The monoisotopic (exact) mass is 263 g/mol. The van der Waals surface area contributed by atoms with Crippen molar-refractivity contribution in [3.05, 3.63) is 29.3 Å². The molecule has 1 aliphatic rings. The lowest BCUT2D eigenvalue weighted by Crippen LogP contribution is -2.11. The van der Waals surface area contributed by atoms with E-state index in [0.29, 0.717) is 13.2 Å². The maximum Gasteiger partial charge on any atom is 0.303 e. The number of hydrogen-bond acceptors (Lipinski definition) is 3. The van der Waals surface area contributed by atoms with E-state index in [-0.39, 0.29) is 12.3 Å². The van der Waals surface area contributed by atoms with Gasteiger partial charge in [-0.15, -0.1) is 0 Å². The predicted molar refractivity (Wildman–Crippen MR) is 73.4 cm³/mol. The molecule has 19 heavy (non-hydrogen) atoms. The third-order valence-electron chi connectivity index (χ3n) is 3.59. The molecule has 2 rings (SSSR count). The molecular weight excluding hydrogens is 242 g/mol. The Balaban J connectivity index is 2.12. The zero-order chi connectivity index (χ0) is 13.7. The zero-order valence-electron chi connectivity index (χ0n) is 11.1.